The minimum absolute atomic E-state index is 0. The summed E-state index contributed by atoms with van der Waals surface area (Å²) in [4.78, 5) is 0. The molecule has 0 aromatic heterocycles. The fourth-order valence-corrected chi connectivity index (χ4v) is 2.79. The van der Waals surface area contributed by atoms with Gasteiger partial charge in [-0.1, -0.05) is 24.3 Å². The van der Waals surface area contributed by atoms with E-state index in [0.717, 1.165) is 52.4 Å². The Morgan fingerprint density at radius 3 is 2.00 bits per heavy atom. The molecule has 0 unspecified atom stereocenters. The van der Waals surface area contributed by atoms with E-state index < -0.39 is 0 Å². The third-order valence-electron chi connectivity index (χ3n) is 5.06. The Morgan fingerprint density at radius 2 is 1.46 bits per heavy atom. The number of methoxy groups -OCH3 is 3. The Kier molecular flexibility index (Phi) is 9.82. The van der Waals surface area contributed by atoms with Gasteiger partial charge < -0.3 is 42.7 Å². The quantitative estimate of drug-likeness (QED) is 0.299. The van der Waals surface area contributed by atoms with Crippen LogP contribution in [0.2, 0.25) is 0 Å². The van der Waals surface area contributed by atoms with Crippen molar-refractivity contribution in [2.24, 2.45) is 0 Å². The number of ether oxygens (including phenoxy) is 3. The Bertz CT molecular complexity index is 770. The highest BCUT2D eigenvalue weighted by Gasteiger charge is 2.15. The number of likely N-dealkylation sites (N-methyl/N-ethyl adjacent to an activating group) is 1. The second kappa shape index (κ2) is 11.3. The highest BCUT2D eigenvalue weighted by molar-refractivity contribution is 5.73. The molecule has 0 amide bonds. The first kappa shape index (κ1) is 24.3. The van der Waals surface area contributed by atoms with Gasteiger partial charge in [0.25, 0.3) is 0 Å². The van der Waals surface area contributed by atoms with Crippen LogP contribution in [0.25, 0.3) is 12.2 Å². The Hall–Kier alpha value is -1.73. The Morgan fingerprint density at radius 1 is 0.857 bits per heavy atom. The van der Waals surface area contributed by atoms with Crippen LogP contribution in [0.3, 0.4) is 0 Å². The van der Waals surface area contributed by atoms with Crippen molar-refractivity contribution < 1.29 is 42.7 Å². The van der Waals surface area contributed by atoms with Gasteiger partial charge in [0.05, 0.1) is 48.5 Å². The van der Waals surface area contributed by atoms with E-state index in [1.807, 2.05) is 24.3 Å². The molecule has 0 saturated heterocycles. The van der Waals surface area contributed by atoms with E-state index in [1.54, 1.807) is 21.3 Å². The molecule has 28 heavy (non-hydrogen) atoms. The third-order valence-corrected chi connectivity index (χ3v) is 5.06. The van der Waals surface area contributed by atoms with E-state index in [1.165, 1.54) is 5.56 Å². The van der Waals surface area contributed by atoms with Crippen LogP contribution in [0.5, 0.6) is 17.2 Å². The van der Waals surface area contributed by atoms with Crippen molar-refractivity contribution in [3.63, 3.8) is 0 Å². The van der Waals surface area contributed by atoms with Gasteiger partial charge in [-0.2, -0.15) is 0 Å². The lowest BCUT2D eigenvalue weighted by molar-refractivity contribution is -0.888. The Balaban J connectivity index is 0.00000392. The molecule has 2 rings (SSSR count). The zero-order valence-electron chi connectivity index (χ0n) is 17.8. The van der Waals surface area contributed by atoms with Crippen molar-refractivity contribution in [2.75, 3.05) is 48.5 Å². The molecule has 2 aromatic carbocycles. The molecule has 0 heterocycles. The normalized spacial score (nSPS) is 11.2. The first-order valence-electron chi connectivity index (χ1n) is 9.31. The average Bonchev–Trinajstić information content (AvgIpc) is 2.70. The van der Waals surface area contributed by atoms with E-state index in [0.29, 0.717) is 0 Å². The second-order valence-corrected chi connectivity index (χ2v) is 7.24. The lowest BCUT2D eigenvalue weighted by atomic mass is 10.0. The van der Waals surface area contributed by atoms with Gasteiger partial charge in [-0.3, -0.25) is 0 Å². The van der Waals surface area contributed by atoms with Crippen molar-refractivity contribution in [1.29, 1.82) is 0 Å². The van der Waals surface area contributed by atoms with Crippen molar-refractivity contribution in [2.45, 2.75) is 13.3 Å². The molecule has 2 aromatic rings. The molecule has 0 fully saturated rings. The predicted octanol–water partition coefficient (Wildman–Crippen LogP) is 1.53. The SMILES string of the molecule is CC[N+](C)(C)CCc1cc(OC)c(OC)cc1C=Cc1ccc(OC)cc1.[I-]. The van der Waals surface area contributed by atoms with Crippen molar-refractivity contribution in [3.05, 3.63) is 53.1 Å². The first-order valence-corrected chi connectivity index (χ1v) is 9.31. The highest BCUT2D eigenvalue weighted by atomic mass is 127. The summed E-state index contributed by atoms with van der Waals surface area (Å²) in [6.07, 6.45) is 5.23. The summed E-state index contributed by atoms with van der Waals surface area (Å²) in [5.74, 6) is 2.38. The maximum atomic E-state index is 5.51. The van der Waals surface area contributed by atoms with Gasteiger partial charge in [0.2, 0.25) is 0 Å². The van der Waals surface area contributed by atoms with Crippen LogP contribution in [-0.4, -0.2) is 53.0 Å². The molecule has 0 N–H and O–H groups in total. The van der Waals surface area contributed by atoms with Crippen molar-refractivity contribution in [3.8, 4) is 17.2 Å². The van der Waals surface area contributed by atoms with Gasteiger partial charge >= 0.3 is 0 Å². The van der Waals surface area contributed by atoms with Crippen LogP contribution >= 0.6 is 0 Å². The zero-order valence-corrected chi connectivity index (χ0v) is 19.9. The summed E-state index contributed by atoms with van der Waals surface area (Å²) in [6, 6.07) is 12.2. The molecular weight excluding hydrogens is 465 g/mol. The summed E-state index contributed by atoms with van der Waals surface area (Å²) in [5.41, 5.74) is 3.54. The summed E-state index contributed by atoms with van der Waals surface area (Å²) in [5, 5.41) is 0. The number of rotatable bonds is 9. The largest absolute Gasteiger partial charge is 1.00 e. The van der Waals surface area contributed by atoms with Gasteiger partial charge in [-0.25, -0.2) is 0 Å². The minimum atomic E-state index is 0. The van der Waals surface area contributed by atoms with Gasteiger partial charge in [0.1, 0.15) is 5.75 Å². The van der Waals surface area contributed by atoms with E-state index in [-0.39, 0.29) is 24.0 Å². The zero-order chi connectivity index (χ0) is 19.9. The summed E-state index contributed by atoms with van der Waals surface area (Å²) >= 11 is 0. The average molecular weight is 497 g/mol. The first-order chi connectivity index (χ1) is 12.9. The fraction of sp³-hybridized carbons (Fsp3) is 0.391. The molecule has 0 saturated carbocycles. The number of quaternary nitrogens is 1. The number of halogens is 1. The van der Waals surface area contributed by atoms with Crippen molar-refractivity contribution >= 4 is 12.2 Å². The molecule has 0 aliphatic carbocycles. The molecule has 0 radical (unpaired) electrons. The van der Waals surface area contributed by atoms with Gasteiger partial charge in [-0.05, 0) is 47.9 Å². The van der Waals surface area contributed by atoms with Gasteiger partial charge in [0.15, 0.2) is 11.5 Å². The van der Waals surface area contributed by atoms with Crippen LogP contribution in [-0.2, 0) is 6.42 Å². The fourth-order valence-electron chi connectivity index (χ4n) is 2.79. The minimum Gasteiger partial charge on any atom is -1.00 e. The second-order valence-electron chi connectivity index (χ2n) is 7.24. The summed E-state index contributed by atoms with van der Waals surface area (Å²) in [6.45, 7) is 4.39. The monoisotopic (exact) mass is 497 g/mol. The van der Waals surface area contributed by atoms with Crippen molar-refractivity contribution in [1.82, 2.24) is 0 Å². The maximum Gasteiger partial charge on any atom is 0.161 e. The number of hydrogen-bond donors (Lipinski definition) is 0. The Labute approximate surface area is 186 Å². The molecular formula is C23H32INO3. The molecule has 154 valence electrons. The van der Waals surface area contributed by atoms with E-state index in [4.69, 9.17) is 14.2 Å². The van der Waals surface area contributed by atoms with Crippen LogP contribution in [0.1, 0.15) is 23.6 Å². The third kappa shape index (κ3) is 6.71. The molecule has 5 heteroatoms. The number of hydrogen-bond acceptors (Lipinski definition) is 3. The topological polar surface area (TPSA) is 27.7 Å². The van der Waals surface area contributed by atoms with Crippen LogP contribution in [0, 0.1) is 0 Å². The predicted molar refractivity (Wildman–Crippen MR) is 113 cm³/mol. The standard InChI is InChI=1S/C23H32NO3.HI/c1-7-24(2,3)15-14-20-17-23(27-6)22(26-5)16-19(20)11-8-18-9-12-21(25-4)13-10-18;/h8-13,16-17H,7,14-15H2,1-6H3;1H/q+1;/p-1. The maximum absolute atomic E-state index is 5.51. The lowest BCUT2D eigenvalue weighted by Crippen LogP contribution is -3.00. The number of nitrogens with zero attached hydrogens (tertiary/aromatic N) is 1. The van der Waals surface area contributed by atoms with Gasteiger partial charge in [-0.15, -0.1) is 0 Å². The van der Waals surface area contributed by atoms with Gasteiger partial charge in [0, 0.05) is 6.42 Å². The molecule has 0 atom stereocenters. The number of benzene rings is 2. The van der Waals surface area contributed by atoms with Crippen LogP contribution in [0.15, 0.2) is 36.4 Å². The lowest BCUT2D eigenvalue weighted by Gasteiger charge is -2.28. The summed E-state index contributed by atoms with van der Waals surface area (Å²) in [7, 11) is 9.55. The van der Waals surface area contributed by atoms with Crippen LogP contribution < -0.4 is 38.2 Å². The molecule has 0 aliphatic rings. The highest BCUT2D eigenvalue weighted by Crippen LogP contribution is 2.32. The summed E-state index contributed by atoms with van der Waals surface area (Å²) < 4.78 is 17.2. The smallest absolute Gasteiger partial charge is 0.161 e. The van der Waals surface area contributed by atoms with E-state index in [9.17, 15) is 0 Å². The molecule has 0 aliphatic heterocycles. The molecule has 4 nitrogen and oxygen atoms in total. The van der Waals surface area contributed by atoms with Crippen LogP contribution in [0.4, 0.5) is 0 Å². The molecule has 0 spiro atoms. The molecule has 0 bridgehead atoms. The van der Waals surface area contributed by atoms with E-state index in [2.05, 4.69) is 45.3 Å². The van der Waals surface area contributed by atoms with E-state index >= 15 is 0 Å².